The maximum Gasteiger partial charge on any atom is 0.203 e. The van der Waals surface area contributed by atoms with Gasteiger partial charge in [-0.2, -0.15) is 0 Å². The molecule has 0 saturated carbocycles. The Morgan fingerprint density at radius 3 is 2.17 bits per heavy atom. The van der Waals surface area contributed by atoms with Crippen LogP contribution in [0, 0.1) is 11.3 Å². The van der Waals surface area contributed by atoms with Crippen molar-refractivity contribution in [2.45, 2.75) is 87.5 Å². The van der Waals surface area contributed by atoms with E-state index in [1.807, 2.05) is 36.4 Å². The number of rotatable bonds is 9. The van der Waals surface area contributed by atoms with Gasteiger partial charge in [-0.25, -0.2) is 4.58 Å². The zero-order chi connectivity index (χ0) is 35.0. The summed E-state index contributed by atoms with van der Waals surface area (Å²) in [4.78, 5) is 13.7. The molecule has 6 heteroatoms. The van der Waals surface area contributed by atoms with E-state index in [9.17, 15) is 9.90 Å². The highest BCUT2D eigenvalue weighted by Crippen LogP contribution is 2.44. The lowest BCUT2D eigenvalue weighted by atomic mass is 9.82. The SMILES string of the molecule is CCC(CC)COc1ccc2c(c1)OC(C(C)(C)C)=C/C2=C\C1=C(O)C(=C\c2cc(C(C)(C)C)oc3cc(=[N+](CC)CC)ccc2-3)/C1=O. The van der Waals surface area contributed by atoms with Crippen LogP contribution in [0.15, 0.2) is 81.7 Å². The van der Waals surface area contributed by atoms with Gasteiger partial charge in [-0.3, -0.25) is 4.79 Å². The van der Waals surface area contributed by atoms with Crippen molar-refractivity contribution in [1.82, 2.24) is 4.58 Å². The molecule has 6 nitrogen and oxygen atoms in total. The van der Waals surface area contributed by atoms with Gasteiger partial charge in [0.15, 0.2) is 0 Å². The molecule has 0 unspecified atom stereocenters. The molecule has 2 aliphatic heterocycles. The number of nitrogens with zero attached hydrogens (tertiary/aromatic N) is 1. The van der Waals surface area contributed by atoms with Crippen LogP contribution in [-0.2, 0) is 10.2 Å². The standard InChI is InChI=1S/C42H51NO5/c1-11-26(12-2)25-46-30-16-18-32-28(22-38(42(8,9)10)48-36(32)24-30)20-34-39(44)33(40(34)45)19-27-21-37(41(5,6)7)47-35-23-29(15-17-31(27)35)43(13-3)14-4/h15-24,26H,11-14,25H2,1-10H3/p+1/b28-20+. The van der Waals surface area contributed by atoms with Crippen LogP contribution in [0.4, 0.5) is 0 Å². The largest absolute Gasteiger partial charge is 0.506 e. The van der Waals surface area contributed by atoms with Crippen LogP contribution in [0.5, 0.6) is 11.5 Å². The van der Waals surface area contributed by atoms with E-state index in [0.29, 0.717) is 23.8 Å². The Bertz CT molecular complexity index is 1870. The number of allylic oxidation sites excluding steroid dienone is 6. The third-order valence-electron chi connectivity index (χ3n) is 9.40. The fourth-order valence-electron chi connectivity index (χ4n) is 6.01. The lowest BCUT2D eigenvalue weighted by Gasteiger charge is -2.29. The number of aliphatic hydroxyl groups excluding tert-OH is 1. The van der Waals surface area contributed by atoms with Crippen molar-refractivity contribution in [3.8, 4) is 22.8 Å². The third kappa shape index (κ3) is 7.08. The quantitative estimate of drug-likeness (QED) is 0.185. The van der Waals surface area contributed by atoms with Gasteiger partial charge in [-0.15, -0.1) is 0 Å². The Balaban J connectivity index is 1.57. The lowest BCUT2D eigenvalue weighted by Crippen LogP contribution is -2.29. The first-order chi connectivity index (χ1) is 22.7. The molecule has 0 atom stereocenters. The van der Waals surface area contributed by atoms with Gasteiger partial charge in [0.2, 0.25) is 11.1 Å². The molecule has 0 fully saturated rings. The average molecular weight is 651 g/mol. The second-order valence-corrected chi connectivity index (χ2v) is 14.9. The van der Waals surface area contributed by atoms with Gasteiger partial charge in [0.25, 0.3) is 0 Å². The number of Topliss-reactive ketones (excluding diaryl/α,β-unsaturated/α-hetero) is 1. The Hall–Kier alpha value is -4.32. The fraction of sp³-hybridized carbons (Fsp3) is 0.429. The molecule has 4 aliphatic rings. The fourth-order valence-corrected chi connectivity index (χ4v) is 6.01. The molecule has 1 aromatic carbocycles. The lowest BCUT2D eigenvalue weighted by molar-refractivity contribution is -0.113. The minimum absolute atomic E-state index is 0.0117. The van der Waals surface area contributed by atoms with Crippen molar-refractivity contribution in [1.29, 1.82) is 0 Å². The zero-order valence-corrected chi connectivity index (χ0v) is 30.4. The van der Waals surface area contributed by atoms with Crippen LogP contribution in [0.3, 0.4) is 0 Å². The van der Waals surface area contributed by atoms with E-state index in [0.717, 1.165) is 76.6 Å². The molecule has 1 aromatic rings. The predicted octanol–water partition coefficient (Wildman–Crippen LogP) is 9.49. The Kier molecular flexibility index (Phi) is 9.96. The van der Waals surface area contributed by atoms with E-state index in [2.05, 4.69) is 85.9 Å². The molecule has 2 aliphatic carbocycles. The molecule has 0 aromatic heterocycles. The van der Waals surface area contributed by atoms with Gasteiger partial charge < -0.3 is 19.0 Å². The summed E-state index contributed by atoms with van der Waals surface area (Å²) in [6.45, 7) is 23.7. The molecule has 2 heterocycles. The number of carbonyl (C=O) groups excluding carboxylic acids is 1. The second-order valence-electron chi connectivity index (χ2n) is 14.9. The molecule has 0 bridgehead atoms. The van der Waals surface area contributed by atoms with E-state index >= 15 is 0 Å². The Morgan fingerprint density at radius 2 is 1.56 bits per heavy atom. The van der Waals surface area contributed by atoms with Gasteiger partial charge in [-0.05, 0) is 73.4 Å². The Morgan fingerprint density at radius 1 is 0.875 bits per heavy atom. The number of hydrogen-bond acceptors (Lipinski definition) is 5. The molecule has 0 saturated heterocycles. The summed E-state index contributed by atoms with van der Waals surface area (Å²) in [5.41, 5.74) is 3.42. The van der Waals surface area contributed by atoms with Crippen molar-refractivity contribution >= 4 is 17.4 Å². The maximum atomic E-state index is 13.7. The maximum absolute atomic E-state index is 13.7. The Labute approximate surface area is 286 Å². The zero-order valence-electron chi connectivity index (χ0n) is 30.4. The molecule has 0 radical (unpaired) electrons. The summed E-state index contributed by atoms with van der Waals surface area (Å²) in [6.07, 6.45) is 7.67. The van der Waals surface area contributed by atoms with Crippen LogP contribution >= 0.6 is 0 Å². The van der Waals surface area contributed by atoms with Gasteiger partial charge in [-0.1, -0.05) is 68.2 Å². The topological polar surface area (TPSA) is 71.9 Å². The van der Waals surface area contributed by atoms with Crippen LogP contribution in [0.1, 0.15) is 99.0 Å². The molecule has 5 rings (SSSR count). The second kappa shape index (κ2) is 13.7. The van der Waals surface area contributed by atoms with E-state index < -0.39 is 0 Å². The molecule has 0 spiro atoms. The van der Waals surface area contributed by atoms with Gasteiger partial charge in [0.05, 0.1) is 23.8 Å². The number of benzene rings is 2. The molecule has 48 heavy (non-hydrogen) atoms. The van der Waals surface area contributed by atoms with Crippen molar-refractivity contribution in [3.63, 3.8) is 0 Å². The molecule has 0 amide bonds. The summed E-state index contributed by atoms with van der Waals surface area (Å²) < 4.78 is 21.2. The van der Waals surface area contributed by atoms with E-state index in [1.54, 1.807) is 12.2 Å². The number of ketones is 1. The average Bonchev–Trinajstić information content (AvgIpc) is 3.05. The highest BCUT2D eigenvalue weighted by molar-refractivity contribution is 6.24. The third-order valence-corrected chi connectivity index (χ3v) is 9.40. The summed E-state index contributed by atoms with van der Waals surface area (Å²) in [7, 11) is 0. The molecule has 1 N–H and O–H groups in total. The normalized spacial score (nSPS) is 16.7. The number of ether oxygens (including phenoxy) is 2. The predicted molar refractivity (Wildman–Crippen MR) is 195 cm³/mol. The summed E-state index contributed by atoms with van der Waals surface area (Å²) in [5, 5.41) is 12.4. The van der Waals surface area contributed by atoms with Crippen LogP contribution in [-0.4, -0.2) is 30.6 Å². The number of aliphatic hydroxyl groups is 1. The van der Waals surface area contributed by atoms with Gasteiger partial charge in [0, 0.05) is 34.1 Å². The van der Waals surface area contributed by atoms with E-state index in [4.69, 9.17) is 13.9 Å². The van der Waals surface area contributed by atoms with Crippen molar-refractivity contribution in [2.24, 2.45) is 11.3 Å². The minimum Gasteiger partial charge on any atom is -0.506 e. The van der Waals surface area contributed by atoms with Gasteiger partial charge in [0.1, 0.15) is 47.6 Å². The van der Waals surface area contributed by atoms with Crippen molar-refractivity contribution in [2.75, 3.05) is 19.7 Å². The molecule has 254 valence electrons. The smallest absolute Gasteiger partial charge is 0.203 e. The highest BCUT2D eigenvalue weighted by atomic mass is 16.5. The van der Waals surface area contributed by atoms with E-state index in [1.165, 1.54) is 0 Å². The van der Waals surface area contributed by atoms with Gasteiger partial charge >= 0.3 is 0 Å². The number of hydrogen-bond donors (Lipinski definition) is 1. The van der Waals surface area contributed by atoms with Crippen molar-refractivity contribution < 1.29 is 23.8 Å². The van der Waals surface area contributed by atoms with E-state index in [-0.39, 0.29) is 27.9 Å². The monoisotopic (exact) mass is 650 g/mol. The first kappa shape index (κ1) is 35.0. The summed E-state index contributed by atoms with van der Waals surface area (Å²) >= 11 is 0. The first-order valence-electron chi connectivity index (χ1n) is 17.4. The first-order valence-corrected chi connectivity index (χ1v) is 17.4. The van der Waals surface area contributed by atoms with Crippen molar-refractivity contribution in [3.05, 3.63) is 99.5 Å². The molecular formula is C42H52NO5+. The van der Waals surface area contributed by atoms with Crippen LogP contribution in [0.2, 0.25) is 0 Å². The van der Waals surface area contributed by atoms with Crippen LogP contribution < -0.4 is 19.4 Å². The number of carbonyl (C=O) groups is 1. The minimum atomic E-state index is -0.274. The molecular weight excluding hydrogens is 598 g/mol. The summed E-state index contributed by atoms with van der Waals surface area (Å²) in [6, 6.07) is 14.0. The number of fused-ring (bicyclic) bond motifs is 2. The van der Waals surface area contributed by atoms with Crippen LogP contribution in [0.25, 0.3) is 23.0 Å². The highest BCUT2D eigenvalue weighted by Gasteiger charge is 2.35. The summed E-state index contributed by atoms with van der Waals surface area (Å²) in [5.74, 6) is 4.05.